The maximum atomic E-state index is 14.6. The Balaban J connectivity index is 1.64. The normalized spacial score (nSPS) is 19.2. The summed E-state index contributed by atoms with van der Waals surface area (Å²) in [6.07, 6.45) is -1.62. The maximum absolute atomic E-state index is 14.6. The molecule has 9 nitrogen and oxygen atoms in total. The van der Waals surface area contributed by atoms with Gasteiger partial charge in [0.1, 0.15) is 18.9 Å². The average Bonchev–Trinajstić information content (AvgIpc) is 3.27. The summed E-state index contributed by atoms with van der Waals surface area (Å²) in [7, 11) is 0. The van der Waals surface area contributed by atoms with Crippen molar-refractivity contribution in [3.05, 3.63) is 104 Å². The highest BCUT2D eigenvalue weighted by Crippen LogP contribution is 2.31. The Kier molecular flexibility index (Phi) is 7.56. The second-order valence-electron chi connectivity index (χ2n) is 8.48. The van der Waals surface area contributed by atoms with Crippen molar-refractivity contribution >= 4 is 11.9 Å². The van der Waals surface area contributed by atoms with Gasteiger partial charge in [-0.15, -0.1) is 0 Å². The molecule has 3 atom stereocenters. The lowest BCUT2D eigenvalue weighted by Gasteiger charge is -2.18. The van der Waals surface area contributed by atoms with E-state index in [0.717, 1.165) is 21.9 Å². The van der Waals surface area contributed by atoms with Crippen LogP contribution in [0.2, 0.25) is 0 Å². The van der Waals surface area contributed by atoms with E-state index in [2.05, 4.69) is 0 Å². The van der Waals surface area contributed by atoms with E-state index in [1.807, 2.05) is 30.3 Å². The molecular formula is C26H25FN2O7. The summed E-state index contributed by atoms with van der Waals surface area (Å²) in [5, 5.41) is 0. The Morgan fingerprint density at radius 1 is 1.11 bits per heavy atom. The van der Waals surface area contributed by atoms with Crippen molar-refractivity contribution in [1.29, 1.82) is 0 Å². The van der Waals surface area contributed by atoms with Crippen LogP contribution in [-0.4, -0.2) is 39.8 Å². The first kappa shape index (κ1) is 25.2. The minimum absolute atomic E-state index is 0.0653. The number of hydrogen-bond acceptors (Lipinski definition) is 7. The molecule has 1 fully saturated rings. The standard InChI is InChI=1S/C26H25FN2O7/c1-16-7-6-10-19(11-16)24(31)29-25(32)20(27)13-28(26(29)33)23-12-21(22(36-23)15-34-17(2)30)35-14-18-8-4-3-5-9-18/h3-11,13,21-23H,12,14-15H2,1-2H3/t21-,22+,23+/m0/s1. The van der Waals surface area contributed by atoms with E-state index >= 15 is 0 Å². The third kappa shape index (κ3) is 5.50. The molecule has 0 unspecified atom stereocenters. The van der Waals surface area contributed by atoms with Crippen molar-refractivity contribution in [1.82, 2.24) is 9.13 Å². The van der Waals surface area contributed by atoms with Gasteiger partial charge in [-0.25, -0.2) is 4.79 Å². The molecule has 36 heavy (non-hydrogen) atoms. The molecule has 0 radical (unpaired) electrons. The summed E-state index contributed by atoms with van der Waals surface area (Å²) in [6.45, 7) is 3.07. The highest BCUT2D eigenvalue weighted by molar-refractivity contribution is 5.95. The number of carbonyl (C=O) groups excluding carboxylic acids is 2. The first-order chi connectivity index (χ1) is 17.2. The minimum Gasteiger partial charge on any atom is -0.463 e. The van der Waals surface area contributed by atoms with Gasteiger partial charge in [0.25, 0.3) is 11.5 Å². The van der Waals surface area contributed by atoms with E-state index in [9.17, 15) is 23.6 Å². The van der Waals surface area contributed by atoms with E-state index in [4.69, 9.17) is 14.2 Å². The van der Waals surface area contributed by atoms with Gasteiger partial charge < -0.3 is 14.2 Å². The molecule has 0 bridgehead atoms. The zero-order valence-electron chi connectivity index (χ0n) is 19.8. The monoisotopic (exact) mass is 496 g/mol. The third-order valence-electron chi connectivity index (χ3n) is 5.79. The molecule has 0 saturated carbocycles. The zero-order chi connectivity index (χ0) is 25.8. The molecule has 188 valence electrons. The summed E-state index contributed by atoms with van der Waals surface area (Å²) >= 11 is 0. The van der Waals surface area contributed by atoms with Crippen LogP contribution in [0.4, 0.5) is 4.39 Å². The van der Waals surface area contributed by atoms with Crippen LogP contribution in [0.1, 0.15) is 41.1 Å². The summed E-state index contributed by atoms with van der Waals surface area (Å²) in [5.74, 6) is -2.76. The van der Waals surface area contributed by atoms with Crippen molar-refractivity contribution in [3.63, 3.8) is 0 Å². The summed E-state index contributed by atoms with van der Waals surface area (Å²) < 4.78 is 32.7. The summed E-state index contributed by atoms with van der Waals surface area (Å²) in [6, 6.07) is 15.6. The average molecular weight is 496 g/mol. The molecule has 1 saturated heterocycles. The SMILES string of the molecule is CC(=O)OC[C@H]1O[C@@H](n2cc(F)c(=O)n(C(=O)c3cccc(C)c3)c2=O)C[C@@H]1OCc1ccccc1. The number of aromatic nitrogens is 2. The molecule has 1 aromatic heterocycles. The topological polar surface area (TPSA) is 106 Å². The highest BCUT2D eigenvalue weighted by Gasteiger charge is 2.39. The second-order valence-corrected chi connectivity index (χ2v) is 8.48. The van der Waals surface area contributed by atoms with Crippen LogP contribution >= 0.6 is 0 Å². The Morgan fingerprint density at radius 3 is 2.56 bits per heavy atom. The number of carbonyl (C=O) groups is 2. The lowest BCUT2D eigenvalue weighted by Crippen LogP contribution is -2.46. The zero-order valence-corrected chi connectivity index (χ0v) is 19.8. The number of aryl methyl sites for hydroxylation is 1. The Morgan fingerprint density at radius 2 is 1.86 bits per heavy atom. The highest BCUT2D eigenvalue weighted by atomic mass is 19.1. The van der Waals surface area contributed by atoms with E-state index < -0.39 is 47.4 Å². The third-order valence-corrected chi connectivity index (χ3v) is 5.79. The molecule has 2 heterocycles. The molecule has 0 amide bonds. The Bertz CT molecular complexity index is 1380. The van der Waals surface area contributed by atoms with Crippen LogP contribution in [0.3, 0.4) is 0 Å². The quantitative estimate of drug-likeness (QED) is 0.463. The number of esters is 1. The molecule has 4 rings (SSSR count). The molecule has 2 aromatic carbocycles. The molecule has 0 aliphatic carbocycles. The van der Waals surface area contributed by atoms with Gasteiger partial charge in [0.05, 0.1) is 18.9 Å². The van der Waals surface area contributed by atoms with Crippen LogP contribution < -0.4 is 11.2 Å². The van der Waals surface area contributed by atoms with E-state index in [1.165, 1.54) is 19.1 Å². The van der Waals surface area contributed by atoms with E-state index in [-0.39, 0.29) is 29.8 Å². The molecule has 0 N–H and O–H groups in total. The van der Waals surface area contributed by atoms with Gasteiger partial charge >= 0.3 is 11.7 Å². The van der Waals surface area contributed by atoms with Crippen LogP contribution in [0.25, 0.3) is 0 Å². The molecule has 1 aliphatic heterocycles. The predicted octanol–water partition coefficient (Wildman–Crippen LogP) is 2.58. The van der Waals surface area contributed by atoms with E-state index in [0.29, 0.717) is 0 Å². The maximum Gasteiger partial charge on any atom is 0.340 e. The first-order valence-electron chi connectivity index (χ1n) is 11.3. The minimum atomic E-state index is -1.35. The Labute approximate surface area is 205 Å². The Hall–Kier alpha value is -3.89. The summed E-state index contributed by atoms with van der Waals surface area (Å²) in [5.41, 5.74) is -0.707. The number of rotatable bonds is 7. The predicted molar refractivity (Wildman–Crippen MR) is 126 cm³/mol. The number of halogens is 1. The lowest BCUT2D eigenvalue weighted by molar-refractivity contribution is -0.148. The fourth-order valence-electron chi connectivity index (χ4n) is 4.01. The van der Waals surface area contributed by atoms with Crippen LogP contribution in [0, 0.1) is 12.7 Å². The largest absolute Gasteiger partial charge is 0.463 e. The fraction of sp³-hybridized carbons (Fsp3) is 0.308. The van der Waals surface area contributed by atoms with Gasteiger partial charge in [0, 0.05) is 18.9 Å². The van der Waals surface area contributed by atoms with E-state index in [1.54, 1.807) is 19.1 Å². The van der Waals surface area contributed by atoms with Crippen molar-refractivity contribution in [3.8, 4) is 0 Å². The van der Waals surface area contributed by atoms with Crippen molar-refractivity contribution in [2.45, 2.75) is 45.3 Å². The van der Waals surface area contributed by atoms with Crippen LogP contribution in [-0.2, 0) is 25.6 Å². The van der Waals surface area contributed by atoms with Gasteiger partial charge in [-0.3, -0.25) is 19.0 Å². The van der Waals surface area contributed by atoms with Crippen LogP contribution in [0.5, 0.6) is 0 Å². The van der Waals surface area contributed by atoms with Crippen molar-refractivity contribution < 1.29 is 28.2 Å². The number of ether oxygens (including phenoxy) is 3. The van der Waals surface area contributed by atoms with Gasteiger partial charge in [0.15, 0.2) is 0 Å². The number of benzene rings is 2. The molecule has 10 heteroatoms. The first-order valence-corrected chi connectivity index (χ1v) is 11.3. The summed E-state index contributed by atoms with van der Waals surface area (Å²) in [4.78, 5) is 50.0. The smallest absolute Gasteiger partial charge is 0.340 e. The van der Waals surface area contributed by atoms with Crippen molar-refractivity contribution in [2.75, 3.05) is 6.61 Å². The van der Waals surface area contributed by atoms with Crippen LogP contribution in [0.15, 0.2) is 70.4 Å². The number of hydrogen-bond donors (Lipinski definition) is 0. The second kappa shape index (κ2) is 10.8. The molecular weight excluding hydrogens is 471 g/mol. The van der Waals surface area contributed by atoms with Gasteiger partial charge in [-0.1, -0.05) is 48.0 Å². The van der Waals surface area contributed by atoms with Gasteiger partial charge in [0.2, 0.25) is 5.82 Å². The van der Waals surface area contributed by atoms with Crippen molar-refractivity contribution in [2.24, 2.45) is 0 Å². The van der Waals surface area contributed by atoms with Gasteiger partial charge in [-0.05, 0) is 24.6 Å². The number of nitrogens with zero attached hydrogens (tertiary/aromatic N) is 2. The molecule has 0 spiro atoms. The lowest BCUT2D eigenvalue weighted by atomic mass is 10.1. The molecule has 3 aromatic rings. The fourth-order valence-corrected chi connectivity index (χ4v) is 4.01. The molecule has 1 aliphatic rings. The van der Waals surface area contributed by atoms with Gasteiger partial charge in [-0.2, -0.15) is 8.96 Å².